The molecule has 1 amide bonds. The summed E-state index contributed by atoms with van der Waals surface area (Å²) in [5.41, 5.74) is 2.20. The normalized spacial score (nSPS) is 21.8. The quantitative estimate of drug-likeness (QED) is 0.862. The third-order valence-electron chi connectivity index (χ3n) is 5.80. The number of benzene rings is 1. The van der Waals surface area contributed by atoms with E-state index < -0.39 is 6.10 Å². The molecule has 1 aliphatic heterocycles. The largest absolute Gasteiger partial charge is 0.387 e. The van der Waals surface area contributed by atoms with Gasteiger partial charge in [0, 0.05) is 31.6 Å². The average Bonchev–Trinajstić information content (AvgIpc) is 2.64. The number of likely N-dealkylation sites (tertiary alicyclic amines) is 1. The molecular formula is C21H32N2O2. The maximum atomic E-state index is 12.4. The highest BCUT2D eigenvalue weighted by molar-refractivity contribution is 5.79. The van der Waals surface area contributed by atoms with E-state index in [0.717, 1.165) is 44.3 Å². The highest BCUT2D eigenvalue weighted by atomic mass is 16.3. The minimum Gasteiger partial charge on any atom is -0.387 e. The minimum atomic E-state index is -0.436. The molecule has 4 heteroatoms. The number of aliphatic hydroxyl groups excluding tert-OH is 1. The van der Waals surface area contributed by atoms with Gasteiger partial charge in [-0.2, -0.15) is 0 Å². The third-order valence-corrected chi connectivity index (χ3v) is 5.80. The predicted octanol–water partition coefficient (Wildman–Crippen LogP) is 3.19. The van der Waals surface area contributed by atoms with E-state index >= 15 is 0 Å². The lowest BCUT2D eigenvalue weighted by Gasteiger charge is -2.34. The number of hydrogen-bond acceptors (Lipinski definition) is 3. The Balaban J connectivity index is 1.40. The molecule has 1 heterocycles. The van der Waals surface area contributed by atoms with E-state index in [1.165, 1.54) is 24.8 Å². The number of amides is 1. The van der Waals surface area contributed by atoms with Crippen LogP contribution in [-0.4, -0.2) is 41.6 Å². The molecule has 1 saturated heterocycles. The van der Waals surface area contributed by atoms with Gasteiger partial charge in [-0.05, 0) is 38.2 Å². The van der Waals surface area contributed by atoms with Gasteiger partial charge >= 0.3 is 0 Å². The minimum absolute atomic E-state index is 0.245. The zero-order chi connectivity index (χ0) is 17.6. The third kappa shape index (κ3) is 5.29. The number of rotatable bonds is 5. The van der Waals surface area contributed by atoms with Gasteiger partial charge in [-0.1, -0.05) is 49.1 Å². The van der Waals surface area contributed by atoms with Gasteiger partial charge in [0.25, 0.3) is 0 Å². The van der Waals surface area contributed by atoms with Crippen molar-refractivity contribution in [1.29, 1.82) is 0 Å². The maximum absolute atomic E-state index is 12.4. The first-order valence-corrected chi connectivity index (χ1v) is 9.89. The Kier molecular flexibility index (Phi) is 6.49. The van der Waals surface area contributed by atoms with Crippen molar-refractivity contribution in [2.75, 3.05) is 19.6 Å². The fraction of sp³-hybridized carbons (Fsp3) is 0.667. The van der Waals surface area contributed by atoms with Crippen molar-refractivity contribution in [3.8, 4) is 0 Å². The molecule has 2 aliphatic rings. The van der Waals surface area contributed by atoms with Gasteiger partial charge in [0.2, 0.25) is 5.91 Å². The molecule has 0 bridgehead atoms. The van der Waals surface area contributed by atoms with E-state index in [9.17, 15) is 9.90 Å². The number of hydrogen-bond donors (Lipinski definition) is 2. The Morgan fingerprint density at radius 1 is 1.12 bits per heavy atom. The Morgan fingerprint density at radius 3 is 2.40 bits per heavy atom. The predicted molar refractivity (Wildman–Crippen MR) is 100 cm³/mol. The molecule has 1 aromatic carbocycles. The van der Waals surface area contributed by atoms with Crippen LogP contribution in [0.4, 0.5) is 0 Å². The van der Waals surface area contributed by atoms with Crippen molar-refractivity contribution in [3.05, 3.63) is 35.4 Å². The molecule has 1 saturated carbocycles. The topological polar surface area (TPSA) is 52.6 Å². The number of aliphatic hydroxyl groups is 1. The maximum Gasteiger partial charge on any atom is 0.223 e. The van der Waals surface area contributed by atoms with E-state index in [2.05, 4.69) is 17.1 Å². The summed E-state index contributed by atoms with van der Waals surface area (Å²) in [5, 5.41) is 13.7. The SMILES string of the molecule is Cc1ccc(C(O)CN2CCC(NC(=O)C3CCCCC3)CC2)cc1. The number of piperidine rings is 1. The van der Waals surface area contributed by atoms with Gasteiger partial charge in [-0.25, -0.2) is 0 Å². The van der Waals surface area contributed by atoms with Crippen molar-refractivity contribution < 1.29 is 9.90 Å². The van der Waals surface area contributed by atoms with Gasteiger partial charge in [-0.15, -0.1) is 0 Å². The molecular weight excluding hydrogens is 312 g/mol. The van der Waals surface area contributed by atoms with E-state index in [-0.39, 0.29) is 11.8 Å². The van der Waals surface area contributed by atoms with Crippen LogP contribution in [0.2, 0.25) is 0 Å². The van der Waals surface area contributed by atoms with Gasteiger partial charge < -0.3 is 15.3 Å². The summed E-state index contributed by atoms with van der Waals surface area (Å²) in [6.45, 7) is 4.62. The summed E-state index contributed by atoms with van der Waals surface area (Å²) in [5.74, 6) is 0.521. The number of nitrogens with zero attached hydrogens (tertiary/aromatic N) is 1. The summed E-state index contributed by atoms with van der Waals surface area (Å²) in [6.07, 6.45) is 7.35. The van der Waals surface area contributed by atoms with Crippen LogP contribution in [-0.2, 0) is 4.79 Å². The second-order valence-electron chi connectivity index (χ2n) is 7.84. The highest BCUT2D eigenvalue weighted by Crippen LogP contribution is 2.24. The smallest absolute Gasteiger partial charge is 0.223 e. The summed E-state index contributed by atoms with van der Waals surface area (Å²) in [4.78, 5) is 14.7. The van der Waals surface area contributed by atoms with Crippen molar-refractivity contribution in [1.82, 2.24) is 10.2 Å². The van der Waals surface area contributed by atoms with Crippen LogP contribution in [0.25, 0.3) is 0 Å². The zero-order valence-corrected chi connectivity index (χ0v) is 15.4. The van der Waals surface area contributed by atoms with Crippen molar-refractivity contribution in [3.63, 3.8) is 0 Å². The zero-order valence-electron chi connectivity index (χ0n) is 15.4. The molecule has 1 aliphatic carbocycles. The lowest BCUT2D eigenvalue weighted by Crippen LogP contribution is -2.47. The number of carbonyl (C=O) groups excluding carboxylic acids is 1. The molecule has 25 heavy (non-hydrogen) atoms. The first kappa shape index (κ1) is 18.4. The van der Waals surface area contributed by atoms with Crippen molar-refractivity contribution >= 4 is 5.91 Å². The van der Waals surface area contributed by atoms with E-state index in [0.29, 0.717) is 12.6 Å². The molecule has 138 valence electrons. The average molecular weight is 344 g/mol. The van der Waals surface area contributed by atoms with Crippen LogP contribution in [0.15, 0.2) is 24.3 Å². The van der Waals surface area contributed by atoms with Gasteiger partial charge in [0.05, 0.1) is 6.10 Å². The molecule has 4 nitrogen and oxygen atoms in total. The second-order valence-corrected chi connectivity index (χ2v) is 7.84. The molecule has 0 radical (unpaired) electrons. The molecule has 0 spiro atoms. The van der Waals surface area contributed by atoms with E-state index in [4.69, 9.17) is 0 Å². The second kappa shape index (κ2) is 8.81. The summed E-state index contributed by atoms with van der Waals surface area (Å²) < 4.78 is 0. The molecule has 1 unspecified atom stereocenters. The summed E-state index contributed by atoms with van der Waals surface area (Å²) in [7, 11) is 0. The Bertz CT molecular complexity index is 544. The first-order valence-electron chi connectivity index (χ1n) is 9.89. The van der Waals surface area contributed by atoms with Gasteiger partial charge in [-0.3, -0.25) is 4.79 Å². The van der Waals surface area contributed by atoms with Crippen LogP contribution in [0.3, 0.4) is 0 Å². The number of nitrogens with one attached hydrogen (secondary N) is 1. The van der Waals surface area contributed by atoms with E-state index in [1.807, 2.05) is 24.3 Å². The number of β-amino-alcohol motifs (C(OH)–C–C–N with tert-alkyl or cyclic N) is 1. The van der Waals surface area contributed by atoms with Crippen LogP contribution < -0.4 is 5.32 Å². The Hall–Kier alpha value is -1.39. The van der Waals surface area contributed by atoms with Crippen molar-refractivity contribution in [2.45, 2.75) is 64.0 Å². The molecule has 0 aromatic heterocycles. The van der Waals surface area contributed by atoms with E-state index in [1.54, 1.807) is 0 Å². The van der Waals surface area contributed by atoms with Crippen LogP contribution >= 0.6 is 0 Å². The Labute approximate surface area is 151 Å². The molecule has 2 fully saturated rings. The van der Waals surface area contributed by atoms with Crippen molar-refractivity contribution in [2.24, 2.45) is 5.92 Å². The lowest BCUT2D eigenvalue weighted by molar-refractivity contribution is -0.127. The molecule has 1 atom stereocenters. The number of aryl methyl sites for hydroxylation is 1. The monoisotopic (exact) mass is 344 g/mol. The van der Waals surface area contributed by atoms with Crippen LogP contribution in [0.5, 0.6) is 0 Å². The Morgan fingerprint density at radius 2 is 1.76 bits per heavy atom. The summed E-state index contributed by atoms with van der Waals surface area (Å²) >= 11 is 0. The molecule has 2 N–H and O–H groups in total. The van der Waals surface area contributed by atoms with Gasteiger partial charge in [0.15, 0.2) is 0 Å². The fourth-order valence-electron chi connectivity index (χ4n) is 4.08. The number of carbonyl (C=O) groups is 1. The molecule has 3 rings (SSSR count). The highest BCUT2D eigenvalue weighted by Gasteiger charge is 2.26. The lowest BCUT2D eigenvalue weighted by atomic mass is 9.88. The summed E-state index contributed by atoms with van der Waals surface area (Å²) in [6, 6.07) is 8.42. The van der Waals surface area contributed by atoms with Crippen LogP contribution in [0.1, 0.15) is 62.2 Å². The van der Waals surface area contributed by atoms with Crippen LogP contribution in [0, 0.1) is 12.8 Å². The fourth-order valence-corrected chi connectivity index (χ4v) is 4.08. The van der Waals surface area contributed by atoms with Gasteiger partial charge in [0.1, 0.15) is 0 Å². The standard InChI is InChI=1S/C21H32N2O2/c1-16-7-9-17(10-8-16)20(24)15-23-13-11-19(12-14-23)22-21(25)18-5-3-2-4-6-18/h7-10,18-20,24H,2-6,11-15H2,1H3,(H,22,25). The first-order chi connectivity index (χ1) is 12.1. The molecule has 1 aromatic rings.